The molecule has 0 aliphatic rings. The normalized spacial score (nSPS) is 11.2. The van der Waals surface area contributed by atoms with Gasteiger partial charge in [-0.3, -0.25) is 9.36 Å². The summed E-state index contributed by atoms with van der Waals surface area (Å²) in [6, 6.07) is 13.0. The first kappa shape index (κ1) is 21.2. The zero-order chi connectivity index (χ0) is 22.8. The molecule has 0 bridgehead atoms. The number of furan rings is 1. The van der Waals surface area contributed by atoms with E-state index >= 15 is 0 Å². The fraction of sp³-hybridized carbons (Fsp3) is 0.0909. The third-order valence-corrected chi connectivity index (χ3v) is 6.87. The highest BCUT2D eigenvalue weighted by molar-refractivity contribution is 7.99. The summed E-state index contributed by atoms with van der Waals surface area (Å²) in [7, 11) is 0. The van der Waals surface area contributed by atoms with Gasteiger partial charge in [0.15, 0.2) is 11.0 Å². The Balaban J connectivity index is 1.42. The largest absolute Gasteiger partial charge is 0.467 e. The molecule has 0 saturated heterocycles. The summed E-state index contributed by atoms with van der Waals surface area (Å²) in [5, 5.41) is 12.8. The SMILES string of the molecule is Nc1c(-c2nnc(SCC(=O)Nc3ccc(F)cc3)n2Cc2ccco2)sc2ncccc12. The molecule has 11 heteroatoms. The molecule has 0 spiro atoms. The summed E-state index contributed by atoms with van der Waals surface area (Å²) >= 11 is 2.67. The number of nitrogens with one attached hydrogen (secondary N) is 1. The maximum absolute atomic E-state index is 13.1. The van der Waals surface area contributed by atoms with E-state index < -0.39 is 0 Å². The maximum Gasteiger partial charge on any atom is 0.234 e. The molecule has 0 unspecified atom stereocenters. The lowest BCUT2D eigenvalue weighted by Crippen LogP contribution is -2.14. The van der Waals surface area contributed by atoms with Crippen LogP contribution in [0.1, 0.15) is 5.76 Å². The van der Waals surface area contributed by atoms with E-state index in [-0.39, 0.29) is 17.5 Å². The Morgan fingerprint density at radius 2 is 2.03 bits per heavy atom. The monoisotopic (exact) mass is 480 g/mol. The highest BCUT2D eigenvalue weighted by Gasteiger charge is 2.22. The van der Waals surface area contributed by atoms with Crippen molar-refractivity contribution in [2.24, 2.45) is 0 Å². The first-order chi connectivity index (χ1) is 16.1. The number of nitrogen functional groups attached to an aromatic ring is 1. The van der Waals surface area contributed by atoms with Gasteiger partial charge >= 0.3 is 0 Å². The van der Waals surface area contributed by atoms with Gasteiger partial charge in [-0.2, -0.15) is 0 Å². The third kappa shape index (κ3) is 4.45. The van der Waals surface area contributed by atoms with Crippen LogP contribution in [0.4, 0.5) is 15.8 Å². The molecule has 3 N–H and O–H groups in total. The molecule has 5 rings (SSSR count). The number of anilines is 2. The Labute approximate surface area is 195 Å². The summed E-state index contributed by atoms with van der Waals surface area (Å²) < 4.78 is 20.5. The molecule has 0 radical (unpaired) electrons. The molecule has 4 aromatic heterocycles. The van der Waals surface area contributed by atoms with E-state index in [1.54, 1.807) is 18.5 Å². The van der Waals surface area contributed by atoms with Crippen molar-refractivity contribution in [2.45, 2.75) is 11.7 Å². The molecule has 0 aliphatic carbocycles. The number of thioether (sulfide) groups is 1. The summed E-state index contributed by atoms with van der Waals surface area (Å²) in [4.78, 5) is 18.4. The van der Waals surface area contributed by atoms with Crippen LogP contribution >= 0.6 is 23.1 Å². The number of carbonyl (C=O) groups is 1. The van der Waals surface area contributed by atoms with Crippen molar-refractivity contribution in [3.8, 4) is 10.7 Å². The lowest BCUT2D eigenvalue weighted by atomic mass is 10.2. The second-order valence-corrected chi connectivity index (χ2v) is 8.96. The lowest BCUT2D eigenvalue weighted by Gasteiger charge is -2.09. The van der Waals surface area contributed by atoms with Gasteiger partial charge in [0.1, 0.15) is 16.4 Å². The number of halogens is 1. The number of benzene rings is 1. The fourth-order valence-electron chi connectivity index (χ4n) is 3.24. The third-order valence-electron chi connectivity index (χ3n) is 4.78. The lowest BCUT2D eigenvalue weighted by molar-refractivity contribution is -0.113. The highest BCUT2D eigenvalue weighted by Crippen LogP contribution is 2.40. The van der Waals surface area contributed by atoms with E-state index in [0.29, 0.717) is 34.7 Å². The standard InChI is InChI=1S/C22H17FN6O2S2/c23-13-5-7-14(8-6-13)26-17(30)12-32-22-28-27-20(29(22)11-15-3-2-10-31-15)19-18(24)16-4-1-9-25-21(16)33-19/h1-10H,11-12,24H2,(H,26,30). The molecule has 0 aliphatic heterocycles. The second kappa shape index (κ2) is 9.04. The van der Waals surface area contributed by atoms with Crippen LogP contribution < -0.4 is 11.1 Å². The van der Waals surface area contributed by atoms with Crippen LogP contribution in [-0.4, -0.2) is 31.4 Å². The van der Waals surface area contributed by atoms with Crippen LogP contribution in [-0.2, 0) is 11.3 Å². The molecular weight excluding hydrogens is 463 g/mol. The van der Waals surface area contributed by atoms with Crippen LogP contribution in [0.5, 0.6) is 0 Å². The van der Waals surface area contributed by atoms with E-state index in [2.05, 4.69) is 20.5 Å². The summed E-state index contributed by atoms with van der Waals surface area (Å²) in [6.45, 7) is 0.373. The number of amides is 1. The van der Waals surface area contributed by atoms with Gasteiger partial charge in [-0.1, -0.05) is 11.8 Å². The van der Waals surface area contributed by atoms with E-state index in [4.69, 9.17) is 10.2 Å². The quantitative estimate of drug-likeness (QED) is 0.326. The minimum atomic E-state index is -0.364. The van der Waals surface area contributed by atoms with Crippen LogP contribution in [0.2, 0.25) is 0 Å². The molecule has 1 amide bonds. The minimum Gasteiger partial charge on any atom is -0.467 e. The predicted octanol–water partition coefficient (Wildman–Crippen LogP) is 4.65. The first-order valence-corrected chi connectivity index (χ1v) is 11.7. The number of hydrogen-bond acceptors (Lipinski definition) is 8. The Morgan fingerprint density at radius 3 is 2.79 bits per heavy atom. The van der Waals surface area contributed by atoms with E-state index in [1.165, 1.54) is 47.4 Å². The van der Waals surface area contributed by atoms with Gasteiger partial charge in [0.05, 0.1) is 29.1 Å². The number of aromatic nitrogens is 4. The molecule has 0 saturated carbocycles. The van der Waals surface area contributed by atoms with Crippen LogP contribution in [0.3, 0.4) is 0 Å². The fourth-order valence-corrected chi connectivity index (χ4v) is 5.04. The Bertz CT molecular complexity index is 1410. The predicted molar refractivity (Wildman–Crippen MR) is 127 cm³/mol. The number of pyridine rings is 1. The number of nitrogens with zero attached hydrogens (tertiary/aromatic N) is 4. The first-order valence-electron chi connectivity index (χ1n) is 9.85. The number of hydrogen-bond donors (Lipinski definition) is 2. The van der Waals surface area contributed by atoms with Crippen molar-refractivity contribution in [3.05, 3.63) is 72.6 Å². The molecule has 1 aromatic carbocycles. The summed E-state index contributed by atoms with van der Waals surface area (Å²) in [6.07, 6.45) is 3.32. The number of rotatable bonds is 7. The average molecular weight is 481 g/mol. The van der Waals surface area contributed by atoms with Crippen LogP contribution in [0, 0.1) is 5.82 Å². The van der Waals surface area contributed by atoms with Gasteiger partial charge in [0.2, 0.25) is 5.91 Å². The minimum absolute atomic E-state index is 0.0944. The topological polar surface area (TPSA) is 112 Å². The van der Waals surface area contributed by atoms with E-state index in [0.717, 1.165) is 15.1 Å². The Morgan fingerprint density at radius 1 is 1.18 bits per heavy atom. The van der Waals surface area contributed by atoms with Crippen molar-refractivity contribution in [1.82, 2.24) is 19.7 Å². The summed E-state index contributed by atoms with van der Waals surface area (Å²) in [5.74, 6) is 0.777. The molecule has 8 nitrogen and oxygen atoms in total. The van der Waals surface area contributed by atoms with Crippen molar-refractivity contribution in [3.63, 3.8) is 0 Å². The van der Waals surface area contributed by atoms with Crippen molar-refractivity contribution in [1.29, 1.82) is 0 Å². The molecule has 0 atom stereocenters. The second-order valence-electron chi connectivity index (χ2n) is 7.02. The summed E-state index contributed by atoms with van der Waals surface area (Å²) in [5.41, 5.74) is 7.51. The maximum atomic E-state index is 13.1. The average Bonchev–Trinajstić information content (AvgIpc) is 3.55. The highest BCUT2D eigenvalue weighted by atomic mass is 32.2. The van der Waals surface area contributed by atoms with Gasteiger partial charge in [-0.25, -0.2) is 9.37 Å². The van der Waals surface area contributed by atoms with Crippen molar-refractivity contribution < 1.29 is 13.6 Å². The number of fused-ring (bicyclic) bond motifs is 1. The molecular formula is C22H17FN6O2S2. The molecule has 166 valence electrons. The number of carbonyl (C=O) groups excluding carboxylic acids is 1. The molecule has 5 aromatic rings. The molecule has 0 fully saturated rings. The van der Waals surface area contributed by atoms with E-state index in [9.17, 15) is 9.18 Å². The van der Waals surface area contributed by atoms with Gasteiger partial charge in [0, 0.05) is 17.3 Å². The smallest absolute Gasteiger partial charge is 0.234 e. The zero-order valence-corrected chi connectivity index (χ0v) is 18.7. The molecule has 4 heterocycles. The van der Waals surface area contributed by atoms with E-state index in [1.807, 2.05) is 22.8 Å². The van der Waals surface area contributed by atoms with Gasteiger partial charge in [-0.05, 0) is 48.5 Å². The Hall–Kier alpha value is -3.70. The van der Waals surface area contributed by atoms with Gasteiger partial charge < -0.3 is 15.5 Å². The van der Waals surface area contributed by atoms with Gasteiger partial charge in [0.25, 0.3) is 0 Å². The Kier molecular flexibility index (Phi) is 5.80. The van der Waals surface area contributed by atoms with Crippen molar-refractivity contribution >= 4 is 50.6 Å². The van der Waals surface area contributed by atoms with Crippen LogP contribution in [0.15, 0.2) is 70.6 Å². The zero-order valence-electron chi connectivity index (χ0n) is 17.1. The number of thiophene rings is 1. The molecule has 33 heavy (non-hydrogen) atoms. The van der Waals surface area contributed by atoms with Crippen molar-refractivity contribution in [2.75, 3.05) is 16.8 Å². The van der Waals surface area contributed by atoms with Gasteiger partial charge in [-0.15, -0.1) is 21.5 Å². The number of nitrogens with two attached hydrogens (primary N) is 1. The van der Waals surface area contributed by atoms with Crippen LogP contribution in [0.25, 0.3) is 20.9 Å².